The molecule has 0 unspecified atom stereocenters. The van der Waals surface area contributed by atoms with Gasteiger partial charge >= 0.3 is 5.97 Å². The molecule has 1 aliphatic rings. The van der Waals surface area contributed by atoms with Crippen LogP contribution in [0.5, 0.6) is 0 Å². The van der Waals surface area contributed by atoms with Crippen LogP contribution >= 0.6 is 0 Å². The van der Waals surface area contributed by atoms with Crippen LogP contribution in [0.15, 0.2) is 4.52 Å². The van der Waals surface area contributed by atoms with Gasteiger partial charge in [0.1, 0.15) is 0 Å². The van der Waals surface area contributed by atoms with Crippen LogP contribution in [0.1, 0.15) is 37.4 Å². The number of aliphatic carboxylic acids is 1. The number of rotatable bonds is 6. The Kier molecular flexibility index (Phi) is 4.69. The van der Waals surface area contributed by atoms with Gasteiger partial charge in [-0.25, -0.2) is 0 Å². The summed E-state index contributed by atoms with van der Waals surface area (Å²) in [7, 11) is 0. The molecule has 1 saturated heterocycles. The van der Waals surface area contributed by atoms with Crippen molar-refractivity contribution in [1.29, 1.82) is 0 Å². The second-order valence-electron chi connectivity index (χ2n) is 4.65. The van der Waals surface area contributed by atoms with E-state index in [4.69, 9.17) is 9.63 Å². The first-order valence-electron chi connectivity index (χ1n) is 6.49. The Morgan fingerprint density at radius 1 is 1.28 bits per heavy atom. The van der Waals surface area contributed by atoms with Gasteiger partial charge in [-0.3, -0.25) is 4.79 Å². The lowest BCUT2D eigenvalue weighted by atomic mass is 10.1. The van der Waals surface area contributed by atoms with Crippen LogP contribution in [0.25, 0.3) is 0 Å². The molecule has 0 aliphatic carbocycles. The van der Waals surface area contributed by atoms with Gasteiger partial charge in [-0.1, -0.05) is 11.6 Å². The van der Waals surface area contributed by atoms with Crippen molar-refractivity contribution < 1.29 is 14.4 Å². The zero-order chi connectivity index (χ0) is 12.8. The highest BCUT2D eigenvalue weighted by molar-refractivity contribution is 5.66. The Balaban J connectivity index is 1.73. The summed E-state index contributed by atoms with van der Waals surface area (Å²) in [5.74, 6) is 0.259. The van der Waals surface area contributed by atoms with E-state index in [9.17, 15) is 4.79 Å². The molecular weight excluding hydrogens is 234 g/mol. The number of hydrogen-bond donors (Lipinski definition) is 1. The number of hydrogen-bond acceptors (Lipinski definition) is 5. The first-order chi connectivity index (χ1) is 8.74. The fraction of sp³-hybridized carbons (Fsp3) is 0.750. The van der Waals surface area contributed by atoms with E-state index in [0.717, 1.165) is 26.1 Å². The predicted molar refractivity (Wildman–Crippen MR) is 64.2 cm³/mol. The number of carboxylic acid groups (broad SMARTS) is 1. The first kappa shape index (κ1) is 13.0. The highest BCUT2D eigenvalue weighted by Crippen LogP contribution is 2.09. The summed E-state index contributed by atoms with van der Waals surface area (Å²) in [6, 6.07) is 0. The second kappa shape index (κ2) is 6.49. The predicted octanol–water partition coefficient (Wildman–Crippen LogP) is 1.12. The number of carbonyl (C=O) groups is 1. The van der Waals surface area contributed by atoms with Crippen LogP contribution in [0.3, 0.4) is 0 Å². The molecule has 1 N–H and O–H groups in total. The third-order valence-electron chi connectivity index (χ3n) is 3.16. The second-order valence-corrected chi connectivity index (χ2v) is 4.65. The molecule has 0 radical (unpaired) electrons. The minimum atomic E-state index is -0.844. The van der Waals surface area contributed by atoms with Gasteiger partial charge < -0.3 is 14.5 Å². The molecule has 0 bridgehead atoms. The maximum Gasteiger partial charge on any atom is 0.303 e. The summed E-state index contributed by atoms with van der Waals surface area (Å²) in [5, 5.41) is 12.4. The number of piperidine rings is 1. The smallest absolute Gasteiger partial charge is 0.303 e. The average Bonchev–Trinajstić information content (AvgIpc) is 2.83. The Bertz CT molecular complexity index is 386. The van der Waals surface area contributed by atoms with Gasteiger partial charge in [0.15, 0.2) is 5.82 Å². The van der Waals surface area contributed by atoms with Gasteiger partial charge in [0.2, 0.25) is 5.89 Å². The molecule has 2 heterocycles. The number of carboxylic acids is 1. The number of likely N-dealkylation sites (tertiary alicyclic amines) is 1. The van der Waals surface area contributed by atoms with Crippen molar-refractivity contribution in [2.24, 2.45) is 0 Å². The molecule has 0 amide bonds. The number of nitrogens with zero attached hydrogens (tertiary/aromatic N) is 3. The van der Waals surface area contributed by atoms with Gasteiger partial charge in [0.05, 0.1) is 6.42 Å². The lowest BCUT2D eigenvalue weighted by Gasteiger charge is -2.25. The zero-order valence-corrected chi connectivity index (χ0v) is 10.5. The fourth-order valence-corrected chi connectivity index (χ4v) is 2.15. The van der Waals surface area contributed by atoms with Gasteiger partial charge in [0.25, 0.3) is 0 Å². The first-order valence-corrected chi connectivity index (χ1v) is 6.49. The van der Waals surface area contributed by atoms with E-state index >= 15 is 0 Å². The van der Waals surface area contributed by atoms with Crippen molar-refractivity contribution in [2.75, 3.05) is 19.6 Å². The largest absolute Gasteiger partial charge is 0.481 e. The van der Waals surface area contributed by atoms with E-state index < -0.39 is 5.97 Å². The molecule has 6 heteroatoms. The quantitative estimate of drug-likeness (QED) is 0.818. The van der Waals surface area contributed by atoms with E-state index in [1.165, 1.54) is 19.3 Å². The highest BCUT2D eigenvalue weighted by atomic mass is 16.5. The number of aromatic nitrogens is 2. The van der Waals surface area contributed by atoms with Crippen LogP contribution in [0.2, 0.25) is 0 Å². The zero-order valence-electron chi connectivity index (χ0n) is 10.5. The maximum atomic E-state index is 10.4. The van der Waals surface area contributed by atoms with Crippen molar-refractivity contribution in [2.45, 2.75) is 38.5 Å². The monoisotopic (exact) mass is 253 g/mol. The van der Waals surface area contributed by atoms with Crippen molar-refractivity contribution in [3.8, 4) is 0 Å². The Morgan fingerprint density at radius 3 is 2.78 bits per heavy atom. The molecule has 1 aliphatic heterocycles. The summed E-state index contributed by atoms with van der Waals surface area (Å²) < 4.78 is 5.01. The van der Waals surface area contributed by atoms with Crippen molar-refractivity contribution >= 4 is 5.97 Å². The van der Waals surface area contributed by atoms with Gasteiger partial charge in [-0.15, -0.1) is 0 Å². The van der Waals surface area contributed by atoms with Gasteiger partial charge in [-0.2, -0.15) is 4.98 Å². The molecular formula is C12H19N3O3. The Morgan fingerprint density at radius 2 is 2.06 bits per heavy atom. The lowest BCUT2D eigenvalue weighted by Crippen LogP contribution is -2.31. The normalized spacial score (nSPS) is 16.9. The molecule has 1 fully saturated rings. The van der Waals surface area contributed by atoms with E-state index in [1.807, 2.05) is 0 Å². The summed E-state index contributed by atoms with van der Waals surface area (Å²) in [4.78, 5) is 17.0. The average molecular weight is 253 g/mol. The molecule has 1 aromatic rings. The molecule has 0 atom stereocenters. The van der Waals surface area contributed by atoms with Crippen LogP contribution in [-0.4, -0.2) is 45.8 Å². The third-order valence-corrected chi connectivity index (χ3v) is 3.16. The van der Waals surface area contributed by atoms with E-state index in [-0.39, 0.29) is 6.42 Å². The molecule has 18 heavy (non-hydrogen) atoms. The molecule has 6 nitrogen and oxygen atoms in total. The van der Waals surface area contributed by atoms with E-state index in [1.54, 1.807) is 0 Å². The molecule has 100 valence electrons. The minimum Gasteiger partial charge on any atom is -0.481 e. The van der Waals surface area contributed by atoms with Gasteiger partial charge in [0, 0.05) is 19.4 Å². The van der Waals surface area contributed by atoms with Crippen LogP contribution in [0, 0.1) is 0 Å². The number of aryl methyl sites for hydroxylation is 1. The fourth-order valence-electron chi connectivity index (χ4n) is 2.15. The lowest BCUT2D eigenvalue weighted by molar-refractivity contribution is -0.137. The standard InChI is InChI=1S/C12H19N3O3/c16-12(17)5-4-11-13-10(14-18-11)6-9-15-7-2-1-3-8-15/h1-9H2,(H,16,17). The summed E-state index contributed by atoms with van der Waals surface area (Å²) in [6.45, 7) is 3.27. The maximum absolute atomic E-state index is 10.4. The molecule has 2 rings (SSSR count). The molecule has 0 spiro atoms. The third kappa shape index (κ3) is 4.10. The summed E-state index contributed by atoms with van der Waals surface area (Å²) >= 11 is 0. The van der Waals surface area contributed by atoms with Gasteiger partial charge in [-0.05, 0) is 25.9 Å². The van der Waals surface area contributed by atoms with Crippen molar-refractivity contribution in [1.82, 2.24) is 15.0 Å². The molecule has 0 saturated carbocycles. The van der Waals surface area contributed by atoms with Crippen molar-refractivity contribution in [3.05, 3.63) is 11.7 Å². The van der Waals surface area contributed by atoms with E-state index in [0.29, 0.717) is 18.1 Å². The molecule has 0 aromatic carbocycles. The minimum absolute atomic E-state index is 0.0355. The SMILES string of the molecule is O=C(O)CCc1nc(CCN2CCCCC2)no1. The Labute approximate surface area is 106 Å². The highest BCUT2D eigenvalue weighted by Gasteiger charge is 2.12. The Hall–Kier alpha value is -1.43. The van der Waals surface area contributed by atoms with Crippen LogP contribution in [0.4, 0.5) is 0 Å². The summed E-state index contributed by atoms with van der Waals surface area (Å²) in [5.41, 5.74) is 0. The summed E-state index contributed by atoms with van der Waals surface area (Å²) in [6.07, 6.45) is 5.00. The molecule has 1 aromatic heterocycles. The van der Waals surface area contributed by atoms with Crippen molar-refractivity contribution in [3.63, 3.8) is 0 Å². The van der Waals surface area contributed by atoms with Crippen LogP contribution in [-0.2, 0) is 17.6 Å². The van der Waals surface area contributed by atoms with E-state index in [2.05, 4.69) is 15.0 Å². The van der Waals surface area contributed by atoms with Crippen LogP contribution < -0.4 is 0 Å². The topological polar surface area (TPSA) is 79.5 Å².